The van der Waals surface area contributed by atoms with Gasteiger partial charge in [-0.1, -0.05) is 12.1 Å². The molecule has 0 aliphatic rings. The Morgan fingerprint density at radius 3 is 2.73 bits per heavy atom. The monoisotopic (exact) mass is 314 g/mol. The molecule has 0 fully saturated rings. The molecule has 0 spiro atoms. The predicted octanol–water partition coefficient (Wildman–Crippen LogP) is 2.77. The zero-order chi connectivity index (χ0) is 15.5. The van der Waals surface area contributed by atoms with Crippen LogP contribution >= 0.6 is 11.8 Å². The minimum atomic E-state index is -0.443. The average molecular weight is 314 g/mol. The van der Waals surface area contributed by atoms with Crippen LogP contribution in [0.15, 0.2) is 56.6 Å². The van der Waals surface area contributed by atoms with E-state index in [2.05, 4.69) is 10.3 Å². The maximum atomic E-state index is 11.5. The summed E-state index contributed by atoms with van der Waals surface area (Å²) in [5.74, 6) is 0.239. The van der Waals surface area contributed by atoms with Gasteiger partial charge in [-0.3, -0.25) is 9.78 Å². The van der Waals surface area contributed by atoms with Gasteiger partial charge in [0, 0.05) is 23.3 Å². The number of oxazole rings is 1. The Kier molecular flexibility index (Phi) is 4.02. The highest BCUT2D eigenvalue weighted by atomic mass is 32.2. The van der Waals surface area contributed by atoms with Gasteiger partial charge in [-0.15, -0.1) is 11.8 Å². The van der Waals surface area contributed by atoms with Gasteiger partial charge in [0.15, 0.2) is 5.58 Å². The second-order valence-corrected chi connectivity index (χ2v) is 5.79. The van der Waals surface area contributed by atoms with Crippen molar-refractivity contribution in [2.75, 3.05) is 7.05 Å². The van der Waals surface area contributed by atoms with E-state index >= 15 is 0 Å². The van der Waals surface area contributed by atoms with E-state index in [0.717, 1.165) is 16.2 Å². The van der Waals surface area contributed by atoms with Gasteiger partial charge in [0.1, 0.15) is 0 Å². The summed E-state index contributed by atoms with van der Waals surface area (Å²) >= 11 is 1.64. The Morgan fingerprint density at radius 1 is 1.23 bits per heavy atom. The molecule has 0 saturated heterocycles. The Morgan fingerprint density at radius 2 is 2.00 bits per heavy atom. The number of H-pyrrole nitrogens is 1. The van der Waals surface area contributed by atoms with E-state index in [0.29, 0.717) is 16.7 Å². The van der Waals surface area contributed by atoms with Crippen LogP contribution in [0.2, 0.25) is 0 Å². The van der Waals surface area contributed by atoms with Crippen LogP contribution in [0.25, 0.3) is 11.1 Å². The zero-order valence-corrected chi connectivity index (χ0v) is 12.7. The molecule has 3 aromatic rings. The van der Waals surface area contributed by atoms with E-state index < -0.39 is 5.76 Å². The molecular formula is C16H14N2O3S. The zero-order valence-electron chi connectivity index (χ0n) is 11.9. The molecule has 1 heterocycles. The van der Waals surface area contributed by atoms with E-state index in [1.165, 1.54) is 0 Å². The average Bonchev–Trinajstić information content (AvgIpc) is 2.92. The third kappa shape index (κ3) is 3.07. The Balaban J connectivity index is 1.70. The van der Waals surface area contributed by atoms with Crippen LogP contribution < -0.4 is 11.1 Å². The van der Waals surface area contributed by atoms with Crippen molar-refractivity contribution in [2.24, 2.45) is 0 Å². The summed E-state index contributed by atoms with van der Waals surface area (Å²) in [6.07, 6.45) is 0. The summed E-state index contributed by atoms with van der Waals surface area (Å²) < 4.78 is 5.05. The van der Waals surface area contributed by atoms with Gasteiger partial charge in [0.25, 0.3) is 5.91 Å². The largest absolute Gasteiger partial charge is 0.417 e. The van der Waals surface area contributed by atoms with Crippen LogP contribution in [-0.2, 0) is 5.75 Å². The minimum Gasteiger partial charge on any atom is -0.408 e. The lowest BCUT2D eigenvalue weighted by molar-refractivity contribution is 0.0963. The molecule has 0 saturated carbocycles. The van der Waals surface area contributed by atoms with Crippen molar-refractivity contribution in [1.82, 2.24) is 10.3 Å². The number of aromatic amines is 1. The van der Waals surface area contributed by atoms with Gasteiger partial charge >= 0.3 is 5.76 Å². The molecule has 5 nitrogen and oxygen atoms in total. The second kappa shape index (κ2) is 6.11. The van der Waals surface area contributed by atoms with Crippen LogP contribution in [0.5, 0.6) is 0 Å². The molecule has 112 valence electrons. The first-order valence-electron chi connectivity index (χ1n) is 6.72. The van der Waals surface area contributed by atoms with Gasteiger partial charge in [0.05, 0.1) is 5.52 Å². The number of carbonyl (C=O) groups excluding carboxylic acids is 1. The molecule has 0 unspecified atom stereocenters. The van der Waals surface area contributed by atoms with Gasteiger partial charge in [0.2, 0.25) is 0 Å². The maximum Gasteiger partial charge on any atom is 0.417 e. The fourth-order valence-electron chi connectivity index (χ4n) is 2.08. The van der Waals surface area contributed by atoms with E-state index in [4.69, 9.17) is 4.42 Å². The number of hydrogen-bond acceptors (Lipinski definition) is 4. The highest BCUT2D eigenvalue weighted by Gasteiger charge is 2.05. The van der Waals surface area contributed by atoms with E-state index in [-0.39, 0.29) is 5.91 Å². The van der Waals surface area contributed by atoms with Gasteiger partial charge in [-0.2, -0.15) is 0 Å². The summed E-state index contributed by atoms with van der Waals surface area (Å²) in [7, 11) is 1.61. The first-order valence-corrected chi connectivity index (χ1v) is 7.71. The smallest absolute Gasteiger partial charge is 0.408 e. The molecule has 0 aliphatic heterocycles. The van der Waals surface area contributed by atoms with Gasteiger partial charge in [-0.25, -0.2) is 4.79 Å². The summed E-state index contributed by atoms with van der Waals surface area (Å²) in [5, 5.41) is 2.59. The van der Waals surface area contributed by atoms with Crippen LogP contribution in [0.3, 0.4) is 0 Å². The Labute approximate surface area is 130 Å². The summed E-state index contributed by atoms with van der Waals surface area (Å²) in [6, 6.07) is 13.1. The fraction of sp³-hybridized carbons (Fsp3) is 0.125. The first kappa shape index (κ1) is 14.5. The number of thioether (sulfide) groups is 1. The molecule has 2 N–H and O–H groups in total. The lowest BCUT2D eigenvalue weighted by atomic mass is 10.1. The molecule has 0 atom stereocenters. The van der Waals surface area contributed by atoms with Crippen molar-refractivity contribution in [3.63, 3.8) is 0 Å². The van der Waals surface area contributed by atoms with Crippen molar-refractivity contribution in [3.05, 3.63) is 64.1 Å². The quantitative estimate of drug-likeness (QED) is 0.726. The third-order valence-electron chi connectivity index (χ3n) is 3.24. The van der Waals surface area contributed by atoms with Crippen LogP contribution in [-0.4, -0.2) is 17.9 Å². The lowest BCUT2D eigenvalue weighted by Crippen LogP contribution is -2.17. The number of carbonyl (C=O) groups is 1. The highest BCUT2D eigenvalue weighted by Crippen LogP contribution is 2.25. The number of fused-ring (bicyclic) bond motifs is 1. The van der Waals surface area contributed by atoms with Crippen molar-refractivity contribution >= 4 is 28.8 Å². The highest BCUT2D eigenvalue weighted by molar-refractivity contribution is 7.98. The summed E-state index contributed by atoms with van der Waals surface area (Å²) in [4.78, 5) is 26.2. The van der Waals surface area contributed by atoms with E-state index in [1.54, 1.807) is 18.8 Å². The molecule has 3 rings (SSSR count). The molecular weight excluding hydrogens is 300 g/mol. The maximum absolute atomic E-state index is 11.5. The molecule has 2 aromatic carbocycles. The molecule has 22 heavy (non-hydrogen) atoms. The predicted molar refractivity (Wildman–Crippen MR) is 86.2 cm³/mol. The molecule has 0 aliphatic carbocycles. The van der Waals surface area contributed by atoms with Crippen LogP contribution in [0.4, 0.5) is 0 Å². The molecule has 1 aromatic heterocycles. The van der Waals surface area contributed by atoms with E-state index in [1.807, 2.05) is 42.5 Å². The lowest BCUT2D eigenvalue weighted by Gasteiger charge is -2.04. The van der Waals surface area contributed by atoms with Crippen molar-refractivity contribution < 1.29 is 9.21 Å². The SMILES string of the molecule is CNC(=O)c1ccc(CSc2ccc3[nH]c(=O)oc3c2)cc1. The van der Waals surface area contributed by atoms with Crippen LogP contribution in [0.1, 0.15) is 15.9 Å². The summed E-state index contributed by atoms with van der Waals surface area (Å²) in [5.41, 5.74) is 3.02. The third-order valence-corrected chi connectivity index (χ3v) is 4.31. The number of aromatic nitrogens is 1. The van der Waals surface area contributed by atoms with Crippen molar-refractivity contribution in [3.8, 4) is 0 Å². The standard InChI is InChI=1S/C16H14N2O3S/c1-17-15(19)11-4-2-10(3-5-11)9-22-12-6-7-13-14(8-12)21-16(20)18-13/h2-8H,9H2,1H3,(H,17,19)(H,18,20). The van der Waals surface area contributed by atoms with Crippen molar-refractivity contribution in [1.29, 1.82) is 0 Å². The van der Waals surface area contributed by atoms with Crippen LogP contribution in [0, 0.1) is 0 Å². The topological polar surface area (TPSA) is 75.1 Å². The Hall–Kier alpha value is -2.47. The second-order valence-electron chi connectivity index (χ2n) is 4.74. The number of nitrogens with one attached hydrogen (secondary N) is 2. The first-order chi connectivity index (χ1) is 10.7. The van der Waals surface area contributed by atoms with E-state index in [9.17, 15) is 9.59 Å². The molecule has 1 amide bonds. The summed E-state index contributed by atoms with van der Waals surface area (Å²) in [6.45, 7) is 0. The molecule has 0 radical (unpaired) electrons. The molecule has 0 bridgehead atoms. The number of amides is 1. The normalized spacial score (nSPS) is 10.8. The number of hydrogen-bond donors (Lipinski definition) is 2. The molecule has 6 heteroatoms. The fourth-order valence-corrected chi connectivity index (χ4v) is 2.96. The van der Waals surface area contributed by atoms with Crippen molar-refractivity contribution in [2.45, 2.75) is 10.6 Å². The Bertz CT molecular complexity index is 865. The van der Waals surface area contributed by atoms with Gasteiger partial charge < -0.3 is 9.73 Å². The number of rotatable bonds is 4. The minimum absolute atomic E-state index is 0.0906. The van der Waals surface area contributed by atoms with Gasteiger partial charge in [-0.05, 0) is 35.9 Å². The number of benzene rings is 2.